The highest BCUT2D eigenvalue weighted by molar-refractivity contribution is 7.18. The minimum Gasteiger partial charge on any atom is -0.225 e. The Kier molecular flexibility index (Phi) is 2.22. The van der Waals surface area contributed by atoms with Gasteiger partial charge in [-0.1, -0.05) is 18.5 Å². The fourth-order valence-corrected chi connectivity index (χ4v) is 2.83. The molecule has 2 nitrogen and oxygen atoms in total. The molecule has 0 saturated heterocycles. The van der Waals surface area contributed by atoms with E-state index in [4.69, 9.17) is 11.6 Å². The average Bonchev–Trinajstić information content (AvgIpc) is 2.44. The van der Waals surface area contributed by atoms with Crippen molar-refractivity contribution in [3.8, 4) is 0 Å². The molecule has 0 spiro atoms. The summed E-state index contributed by atoms with van der Waals surface area (Å²) in [6, 6.07) is 0. The molecule has 4 heteroatoms. The van der Waals surface area contributed by atoms with Crippen LogP contribution in [0.4, 0.5) is 0 Å². The number of hydrogen-bond donors (Lipinski definition) is 0. The van der Waals surface area contributed by atoms with Crippen LogP contribution in [0, 0.1) is 6.92 Å². The molecule has 13 heavy (non-hydrogen) atoms. The Morgan fingerprint density at radius 1 is 1.46 bits per heavy atom. The van der Waals surface area contributed by atoms with Gasteiger partial charge in [-0.05, 0) is 18.9 Å². The molecule has 0 saturated carbocycles. The molecule has 0 atom stereocenters. The zero-order chi connectivity index (χ0) is 9.42. The van der Waals surface area contributed by atoms with Gasteiger partial charge in [-0.25, -0.2) is 9.97 Å². The molecule has 2 aromatic rings. The highest BCUT2D eigenvalue weighted by Crippen LogP contribution is 2.32. The lowest BCUT2D eigenvalue weighted by Gasteiger charge is -1.93. The van der Waals surface area contributed by atoms with Gasteiger partial charge in [0.05, 0.1) is 5.39 Å². The number of rotatable bonds is 1. The van der Waals surface area contributed by atoms with Gasteiger partial charge in [0, 0.05) is 4.88 Å². The number of hydrogen-bond acceptors (Lipinski definition) is 3. The van der Waals surface area contributed by atoms with Crippen LogP contribution in [-0.2, 0) is 6.42 Å². The van der Waals surface area contributed by atoms with E-state index < -0.39 is 0 Å². The second-order valence-electron chi connectivity index (χ2n) is 2.85. The lowest BCUT2D eigenvalue weighted by atomic mass is 10.2. The first kappa shape index (κ1) is 8.91. The van der Waals surface area contributed by atoms with Crippen molar-refractivity contribution < 1.29 is 0 Å². The summed E-state index contributed by atoms with van der Waals surface area (Å²) < 4.78 is 0. The molecule has 0 aliphatic rings. The Morgan fingerprint density at radius 3 is 2.85 bits per heavy atom. The van der Waals surface area contributed by atoms with Gasteiger partial charge in [0.25, 0.3) is 0 Å². The normalized spacial score (nSPS) is 11.0. The number of aryl methyl sites for hydroxylation is 2. The van der Waals surface area contributed by atoms with Crippen LogP contribution in [-0.4, -0.2) is 9.97 Å². The van der Waals surface area contributed by atoms with Crippen molar-refractivity contribution >= 4 is 33.2 Å². The van der Waals surface area contributed by atoms with Gasteiger partial charge in [-0.15, -0.1) is 11.3 Å². The van der Waals surface area contributed by atoms with Crippen molar-refractivity contribution in [2.75, 3.05) is 0 Å². The van der Waals surface area contributed by atoms with Crippen LogP contribution in [0.3, 0.4) is 0 Å². The first-order valence-corrected chi connectivity index (χ1v) is 5.32. The van der Waals surface area contributed by atoms with Crippen molar-refractivity contribution in [2.24, 2.45) is 0 Å². The smallest absolute Gasteiger partial charge is 0.141 e. The van der Waals surface area contributed by atoms with E-state index in [9.17, 15) is 0 Å². The predicted molar refractivity (Wildman–Crippen MR) is 56.5 cm³/mol. The summed E-state index contributed by atoms with van der Waals surface area (Å²) >= 11 is 7.69. The van der Waals surface area contributed by atoms with E-state index in [1.54, 1.807) is 11.3 Å². The summed E-state index contributed by atoms with van der Waals surface area (Å²) in [5.41, 5.74) is 1.23. The van der Waals surface area contributed by atoms with Crippen molar-refractivity contribution in [3.05, 3.63) is 21.9 Å². The number of thiophene rings is 1. The minimum absolute atomic E-state index is 0.568. The van der Waals surface area contributed by atoms with Crippen molar-refractivity contribution in [3.63, 3.8) is 0 Å². The van der Waals surface area contributed by atoms with Crippen molar-refractivity contribution in [1.29, 1.82) is 0 Å². The molecule has 0 N–H and O–H groups in total. The lowest BCUT2D eigenvalue weighted by Crippen LogP contribution is -1.81. The maximum absolute atomic E-state index is 5.99. The van der Waals surface area contributed by atoms with Gasteiger partial charge in [0.15, 0.2) is 0 Å². The molecule has 0 amide bonds. The molecular formula is C9H9ClN2S. The van der Waals surface area contributed by atoms with Crippen LogP contribution in [0.5, 0.6) is 0 Å². The highest BCUT2D eigenvalue weighted by Gasteiger charge is 2.11. The topological polar surface area (TPSA) is 25.8 Å². The SMILES string of the molecule is CCc1sc2ncnc(Cl)c2c1C. The van der Waals surface area contributed by atoms with Gasteiger partial charge in [0.2, 0.25) is 0 Å². The van der Waals surface area contributed by atoms with E-state index in [0.29, 0.717) is 5.15 Å². The lowest BCUT2D eigenvalue weighted by molar-refractivity contribution is 1.16. The first-order valence-electron chi connectivity index (χ1n) is 4.12. The summed E-state index contributed by atoms with van der Waals surface area (Å²) in [6.07, 6.45) is 2.54. The molecule has 0 aliphatic carbocycles. The van der Waals surface area contributed by atoms with E-state index in [0.717, 1.165) is 16.6 Å². The van der Waals surface area contributed by atoms with E-state index in [1.165, 1.54) is 16.8 Å². The second-order valence-corrected chi connectivity index (χ2v) is 4.29. The Labute approximate surface area is 85.6 Å². The Morgan fingerprint density at radius 2 is 2.23 bits per heavy atom. The first-order chi connectivity index (χ1) is 6.24. The van der Waals surface area contributed by atoms with Crippen LogP contribution in [0.1, 0.15) is 17.4 Å². The largest absolute Gasteiger partial charge is 0.225 e. The van der Waals surface area contributed by atoms with Crippen LogP contribution in [0.25, 0.3) is 10.2 Å². The minimum atomic E-state index is 0.568. The van der Waals surface area contributed by atoms with Crippen LogP contribution >= 0.6 is 22.9 Å². The summed E-state index contributed by atoms with van der Waals surface area (Å²) in [6.45, 7) is 4.21. The summed E-state index contributed by atoms with van der Waals surface area (Å²) in [5.74, 6) is 0. The molecule has 2 rings (SSSR count). The molecule has 2 aromatic heterocycles. The van der Waals surface area contributed by atoms with E-state index >= 15 is 0 Å². The second kappa shape index (κ2) is 3.24. The molecule has 0 aromatic carbocycles. The standard InChI is InChI=1S/C9H9ClN2S/c1-3-6-5(2)7-8(10)11-4-12-9(7)13-6/h4H,3H2,1-2H3. The zero-order valence-electron chi connectivity index (χ0n) is 7.47. The molecule has 0 aliphatic heterocycles. The van der Waals surface area contributed by atoms with E-state index in [1.807, 2.05) is 0 Å². The molecule has 0 bridgehead atoms. The van der Waals surface area contributed by atoms with Crippen molar-refractivity contribution in [2.45, 2.75) is 20.3 Å². The molecule has 0 unspecified atom stereocenters. The van der Waals surface area contributed by atoms with Crippen LogP contribution < -0.4 is 0 Å². The number of nitrogens with zero attached hydrogens (tertiary/aromatic N) is 2. The van der Waals surface area contributed by atoms with E-state index in [-0.39, 0.29) is 0 Å². The molecule has 2 heterocycles. The van der Waals surface area contributed by atoms with Crippen molar-refractivity contribution in [1.82, 2.24) is 9.97 Å². The van der Waals surface area contributed by atoms with Gasteiger partial charge in [0.1, 0.15) is 16.3 Å². The zero-order valence-corrected chi connectivity index (χ0v) is 9.04. The quantitative estimate of drug-likeness (QED) is 0.679. The molecule has 68 valence electrons. The Balaban J connectivity index is 2.85. The van der Waals surface area contributed by atoms with E-state index in [2.05, 4.69) is 23.8 Å². The fourth-order valence-electron chi connectivity index (χ4n) is 1.41. The predicted octanol–water partition coefficient (Wildman–Crippen LogP) is 3.22. The summed E-state index contributed by atoms with van der Waals surface area (Å²) in [4.78, 5) is 10.5. The summed E-state index contributed by atoms with van der Waals surface area (Å²) in [5, 5.41) is 1.59. The fraction of sp³-hybridized carbons (Fsp3) is 0.333. The molecular weight excluding hydrogens is 204 g/mol. The monoisotopic (exact) mass is 212 g/mol. The van der Waals surface area contributed by atoms with Crippen LogP contribution in [0.15, 0.2) is 6.33 Å². The average molecular weight is 213 g/mol. The molecule has 0 radical (unpaired) electrons. The third kappa shape index (κ3) is 1.32. The Hall–Kier alpha value is -0.670. The van der Waals surface area contributed by atoms with Gasteiger partial charge in [-0.2, -0.15) is 0 Å². The number of fused-ring (bicyclic) bond motifs is 1. The van der Waals surface area contributed by atoms with Gasteiger partial charge >= 0.3 is 0 Å². The number of halogens is 1. The third-order valence-corrected chi connectivity index (χ3v) is 3.73. The van der Waals surface area contributed by atoms with Gasteiger partial charge in [-0.3, -0.25) is 0 Å². The highest BCUT2D eigenvalue weighted by atomic mass is 35.5. The summed E-state index contributed by atoms with van der Waals surface area (Å²) in [7, 11) is 0. The van der Waals surface area contributed by atoms with Gasteiger partial charge < -0.3 is 0 Å². The maximum Gasteiger partial charge on any atom is 0.141 e. The Bertz CT molecular complexity index is 450. The maximum atomic E-state index is 5.99. The molecule has 0 fully saturated rings. The third-order valence-electron chi connectivity index (χ3n) is 2.10. The number of aromatic nitrogens is 2. The van der Waals surface area contributed by atoms with Crippen LogP contribution in [0.2, 0.25) is 5.15 Å².